The van der Waals surface area contributed by atoms with E-state index in [2.05, 4.69) is 22.3 Å². The van der Waals surface area contributed by atoms with Crippen LogP contribution in [0.3, 0.4) is 0 Å². The van der Waals surface area contributed by atoms with E-state index >= 15 is 0 Å². The number of anilines is 2. The first-order valence-electron chi connectivity index (χ1n) is 10.2. The van der Waals surface area contributed by atoms with Crippen LogP contribution in [0.15, 0.2) is 24.3 Å². The molecule has 1 heterocycles. The number of benzene rings is 1. The Kier molecular flexibility index (Phi) is 6.78. The zero-order valence-corrected chi connectivity index (χ0v) is 16.0. The van der Waals surface area contributed by atoms with E-state index in [1.54, 1.807) is 0 Å². The van der Waals surface area contributed by atoms with Gasteiger partial charge in [-0.3, -0.25) is 0 Å². The molecule has 0 radical (unpaired) electrons. The second-order valence-corrected chi connectivity index (χ2v) is 7.82. The van der Waals surface area contributed by atoms with E-state index in [0.717, 1.165) is 50.1 Å². The Bertz CT molecular complexity index is 576. The van der Waals surface area contributed by atoms with Gasteiger partial charge in [-0.05, 0) is 56.6 Å². The quantitative estimate of drug-likeness (QED) is 0.852. The second kappa shape index (κ2) is 9.26. The summed E-state index contributed by atoms with van der Waals surface area (Å²) in [4.78, 5) is 17.1. The molecule has 0 unspecified atom stereocenters. The van der Waals surface area contributed by atoms with Crippen LogP contribution >= 0.6 is 0 Å². The van der Waals surface area contributed by atoms with Crippen molar-refractivity contribution in [2.75, 3.05) is 37.0 Å². The third-order valence-corrected chi connectivity index (χ3v) is 6.03. The maximum absolute atomic E-state index is 12.8. The predicted molar refractivity (Wildman–Crippen MR) is 107 cm³/mol. The van der Waals surface area contributed by atoms with Crippen LogP contribution < -0.4 is 10.2 Å². The van der Waals surface area contributed by atoms with Crippen molar-refractivity contribution in [2.24, 2.45) is 5.92 Å². The Morgan fingerprint density at radius 2 is 1.77 bits per heavy atom. The van der Waals surface area contributed by atoms with E-state index in [4.69, 9.17) is 0 Å². The highest BCUT2D eigenvalue weighted by molar-refractivity contribution is 5.93. The molecule has 5 nitrogen and oxygen atoms in total. The maximum Gasteiger partial charge on any atom is 0.321 e. The molecule has 1 aromatic rings. The highest BCUT2D eigenvalue weighted by Crippen LogP contribution is 2.30. The molecule has 2 fully saturated rings. The van der Waals surface area contributed by atoms with Crippen LogP contribution in [0, 0.1) is 5.92 Å². The van der Waals surface area contributed by atoms with Crippen molar-refractivity contribution in [3.63, 3.8) is 0 Å². The summed E-state index contributed by atoms with van der Waals surface area (Å²) in [5.74, 6) is 0.409. The Hall–Kier alpha value is -1.75. The van der Waals surface area contributed by atoms with E-state index in [-0.39, 0.29) is 18.7 Å². The van der Waals surface area contributed by atoms with E-state index in [9.17, 15) is 9.90 Å². The summed E-state index contributed by atoms with van der Waals surface area (Å²) in [6.07, 6.45) is 8.99. The normalized spacial score (nSPS) is 24.0. The molecule has 144 valence electrons. The van der Waals surface area contributed by atoms with Gasteiger partial charge in [0.2, 0.25) is 0 Å². The van der Waals surface area contributed by atoms with Gasteiger partial charge < -0.3 is 20.2 Å². The molecule has 26 heavy (non-hydrogen) atoms. The second-order valence-electron chi connectivity index (χ2n) is 7.82. The molecule has 1 aliphatic carbocycles. The number of urea groups is 1. The molecule has 1 aromatic carbocycles. The number of nitrogens with one attached hydrogen (secondary N) is 1. The van der Waals surface area contributed by atoms with Crippen molar-refractivity contribution < 1.29 is 9.90 Å². The number of hydrogen-bond acceptors (Lipinski definition) is 3. The Labute approximate surface area is 157 Å². The molecule has 1 aliphatic heterocycles. The monoisotopic (exact) mass is 359 g/mol. The average molecular weight is 360 g/mol. The lowest BCUT2D eigenvalue weighted by molar-refractivity contribution is 0.139. The van der Waals surface area contributed by atoms with Crippen LogP contribution in [0.1, 0.15) is 51.4 Å². The fraction of sp³-hybridized carbons (Fsp3) is 0.667. The molecule has 2 N–H and O–H groups in total. The SMILES string of the molecule is CN(C(=O)Nc1ccccc1N1CCCCCC1)C1CCC(CO)CC1. The molecule has 1 saturated heterocycles. The number of amides is 2. The number of hydrogen-bond donors (Lipinski definition) is 2. The van der Waals surface area contributed by atoms with Gasteiger partial charge in [0.1, 0.15) is 0 Å². The van der Waals surface area contributed by atoms with Crippen molar-refractivity contribution in [2.45, 2.75) is 57.4 Å². The van der Waals surface area contributed by atoms with E-state index in [1.165, 1.54) is 25.7 Å². The highest BCUT2D eigenvalue weighted by atomic mass is 16.3. The summed E-state index contributed by atoms with van der Waals surface area (Å²) in [6.45, 7) is 2.40. The molecule has 2 aliphatic rings. The molecule has 0 bridgehead atoms. The molecular weight excluding hydrogens is 326 g/mol. The first-order valence-corrected chi connectivity index (χ1v) is 10.2. The zero-order valence-electron chi connectivity index (χ0n) is 16.0. The van der Waals surface area contributed by atoms with Gasteiger partial charge in [-0.25, -0.2) is 4.79 Å². The molecule has 5 heteroatoms. The highest BCUT2D eigenvalue weighted by Gasteiger charge is 2.26. The average Bonchev–Trinajstić information content (AvgIpc) is 2.97. The summed E-state index contributed by atoms with van der Waals surface area (Å²) in [6, 6.07) is 8.41. The Morgan fingerprint density at radius 3 is 2.42 bits per heavy atom. The fourth-order valence-corrected chi connectivity index (χ4v) is 4.25. The number of carbonyl (C=O) groups excluding carboxylic acids is 1. The third kappa shape index (κ3) is 4.70. The third-order valence-electron chi connectivity index (χ3n) is 6.03. The maximum atomic E-state index is 12.8. The van der Waals surface area contributed by atoms with Crippen LogP contribution in [0.5, 0.6) is 0 Å². The van der Waals surface area contributed by atoms with Gasteiger partial charge in [0.25, 0.3) is 0 Å². The van der Waals surface area contributed by atoms with Gasteiger partial charge in [0, 0.05) is 32.8 Å². The van der Waals surface area contributed by atoms with Crippen molar-refractivity contribution >= 4 is 17.4 Å². The minimum atomic E-state index is -0.0280. The smallest absolute Gasteiger partial charge is 0.321 e. The largest absolute Gasteiger partial charge is 0.396 e. The number of nitrogens with zero attached hydrogens (tertiary/aromatic N) is 2. The molecule has 1 saturated carbocycles. The fourth-order valence-electron chi connectivity index (χ4n) is 4.25. The number of aliphatic hydroxyl groups excluding tert-OH is 1. The number of para-hydroxylation sites is 2. The van der Waals surface area contributed by atoms with Gasteiger partial charge in [-0.15, -0.1) is 0 Å². The minimum absolute atomic E-state index is 0.0280. The minimum Gasteiger partial charge on any atom is -0.396 e. The summed E-state index contributed by atoms with van der Waals surface area (Å²) in [7, 11) is 1.90. The van der Waals surface area contributed by atoms with Crippen LogP contribution in [-0.2, 0) is 0 Å². The molecule has 0 spiro atoms. The summed E-state index contributed by atoms with van der Waals surface area (Å²) in [5.41, 5.74) is 2.05. The standard InChI is InChI=1S/C21H33N3O2/c1-23(18-12-10-17(16-25)11-13-18)21(26)22-19-8-4-5-9-20(19)24-14-6-2-3-7-15-24/h4-5,8-9,17-18,25H,2-3,6-7,10-16H2,1H3,(H,22,26). The van der Waals surface area contributed by atoms with E-state index in [1.807, 2.05) is 24.1 Å². The first-order chi connectivity index (χ1) is 12.7. The Balaban J connectivity index is 1.63. The summed E-state index contributed by atoms with van der Waals surface area (Å²) < 4.78 is 0. The molecule has 2 amide bonds. The molecule has 3 rings (SSSR count). The lowest BCUT2D eigenvalue weighted by Gasteiger charge is -2.34. The Morgan fingerprint density at radius 1 is 1.12 bits per heavy atom. The lowest BCUT2D eigenvalue weighted by Crippen LogP contribution is -2.42. The van der Waals surface area contributed by atoms with E-state index in [0.29, 0.717) is 5.92 Å². The topological polar surface area (TPSA) is 55.8 Å². The molecule has 0 aromatic heterocycles. The van der Waals surface area contributed by atoms with Gasteiger partial charge in [0.05, 0.1) is 11.4 Å². The first kappa shape index (κ1) is 19.0. The van der Waals surface area contributed by atoms with Crippen LogP contribution in [-0.4, -0.2) is 48.8 Å². The van der Waals surface area contributed by atoms with Gasteiger partial charge in [0.15, 0.2) is 0 Å². The number of aliphatic hydroxyl groups is 1. The molecule has 0 atom stereocenters. The van der Waals surface area contributed by atoms with Crippen LogP contribution in [0.25, 0.3) is 0 Å². The summed E-state index contributed by atoms with van der Waals surface area (Å²) >= 11 is 0. The van der Waals surface area contributed by atoms with Crippen molar-refractivity contribution in [1.82, 2.24) is 4.90 Å². The molecular formula is C21H33N3O2. The predicted octanol–water partition coefficient (Wildman–Crippen LogP) is 4.08. The van der Waals surface area contributed by atoms with Crippen molar-refractivity contribution in [3.8, 4) is 0 Å². The van der Waals surface area contributed by atoms with Gasteiger partial charge in [-0.2, -0.15) is 0 Å². The van der Waals surface area contributed by atoms with E-state index < -0.39 is 0 Å². The summed E-state index contributed by atoms with van der Waals surface area (Å²) in [5, 5.41) is 12.4. The van der Waals surface area contributed by atoms with Gasteiger partial charge in [-0.1, -0.05) is 25.0 Å². The number of rotatable bonds is 4. The van der Waals surface area contributed by atoms with Crippen LogP contribution in [0.4, 0.5) is 16.2 Å². The van der Waals surface area contributed by atoms with Crippen molar-refractivity contribution in [3.05, 3.63) is 24.3 Å². The van der Waals surface area contributed by atoms with Crippen molar-refractivity contribution in [1.29, 1.82) is 0 Å². The van der Waals surface area contributed by atoms with Crippen LogP contribution in [0.2, 0.25) is 0 Å². The lowest BCUT2D eigenvalue weighted by atomic mass is 9.86. The number of carbonyl (C=O) groups is 1. The zero-order chi connectivity index (χ0) is 18.4. The van der Waals surface area contributed by atoms with Gasteiger partial charge >= 0.3 is 6.03 Å².